The van der Waals surface area contributed by atoms with Crippen molar-refractivity contribution in [1.82, 2.24) is 15.0 Å². The smallest absolute Gasteiger partial charge is 0.166 e. The fraction of sp³-hybridized carbons (Fsp3) is 0.111. The van der Waals surface area contributed by atoms with Gasteiger partial charge in [0.15, 0.2) is 11.6 Å². The van der Waals surface area contributed by atoms with E-state index in [2.05, 4.69) is 36.2 Å². The topological polar surface area (TPSA) is 53.6 Å². The number of anilines is 1. The minimum Gasteiger partial charge on any atom is -0.362 e. The van der Waals surface area contributed by atoms with E-state index < -0.39 is 0 Å². The first-order chi connectivity index (χ1) is 7.25. The maximum absolute atomic E-state index is 13.3. The van der Waals surface area contributed by atoms with Crippen molar-refractivity contribution < 1.29 is 4.39 Å². The second-order valence-electron chi connectivity index (χ2n) is 2.91. The normalized spacial score (nSPS) is 10.3. The number of rotatable bonds is 3. The lowest BCUT2D eigenvalue weighted by Gasteiger charge is -2.04. The number of hydrogen-bond donors (Lipinski definition) is 2. The van der Waals surface area contributed by atoms with Crippen LogP contribution < -0.4 is 5.32 Å². The molecule has 0 saturated heterocycles. The van der Waals surface area contributed by atoms with E-state index in [1.54, 1.807) is 18.7 Å². The molecule has 0 aliphatic rings. The summed E-state index contributed by atoms with van der Waals surface area (Å²) < 4.78 is 13.9. The molecule has 0 fully saturated rings. The van der Waals surface area contributed by atoms with Crippen LogP contribution in [0.4, 0.5) is 10.2 Å². The zero-order chi connectivity index (χ0) is 10.7. The molecule has 0 amide bonds. The molecule has 4 nitrogen and oxygen atoms in total. The highest BCUT2D eigenvalue weighted by molar-refractivity contribution is 9.10. The first-order valence-corrected chi connectivity index (χ1v) is 5.07. The van der Waals surface area contributed by atoms with Crippen LogP contribution in [0.5, 0.6) is 0 Å². The van der Waals surface area contributed by atoms with Crippen LogP contribution in [0.2, 0.25) is 0 Å². The van der Waals surface area contributed by atoms with Gasteiger partial charge in [0.05, 0.1) is 18.6 Å². The molecule has 0 radical (unpaired) electrons. The molecule has 2 aromatic heterocycles. The average molecular weight is 271 g/mol. The zero-order valence-electron chi connectivity index (χ0n) is 7.67. The third-order valence-corrected chi connectivity index (χ3v) is 2.24. The number of nitrogens with zero attached hydrogens (tertiary/aromatic N) is 2. The van der Waals surface area contributed by atoms with Gasteiger partial charge in [-0.15, -0.1) is 0 Å². The maximum atomic E-state index is 13.3. The third-order valence-electron chi connectivity index (χ3n) is 1.81. The highest BCUT2D eigenvalue weighted by atomic mass is 79.9. The Kier molecular flexibility index (Phi) is 2.96. The average Bonchev–Trinajstić information content (AvgIpc) is 2.69. The fourth-order valence-corrected chi connectivity index (χ4v) is 1.41. The molecule has 0 unspecified atom stereocenters. The monoisotopic (exact) mass is 270 g/mol. The molecule has 6 heteroatoms. The molecule has 0 aliphatic carbocycles. The van der Waals surface area contributed by atoms with Crippen LogP contribution in [0.3, 0.4) is 0 Å². The summed E-state index contributed by atoms with van der Waals surface area (Å²) in [5, 5.41) is 2.86. The van der Waals surface area contributed by atoms with Crippen molar-refractivity contribution in [1.29, 1.82) is 0 Å². The summed E-state index contributed by atoms with van der Waals surface area (Å²) in [6.07, 6.45) is 4.78. The van der Waals surface area contributed by atoms with Gasteiger partial charge in [0, 0.05) is 16.9 Å². The van der Waals surface area contributed by atoms with Crippen LogP contribution in [0.15, 0.2) is 29.3 Å². The predicted octanol–water partition coefficient (Wildman–Crippen LogP) is 2.32. The standard InChI is InChI=1S/C9H8BrFN4/c10-6-1-8(11)9(13-2-6)14-4-7-3-12-5-15-7/h1-3,5H,4H2,(H,12,15)(H,13,14). The van der Waals surface area contributed by atoms with Crippen molar-refractivity contribution in [3.05, 3.63) is 40.8 Å². The molecule has 0 aliphatic heterocycles. The van der Waals surface area contributed by atoms with Gasteiger partial charge in [-0.05, 0) is 22.0 Å². The highest BCUT2D eigenvalue weighted by Crippen LogP contribution is 2.16. The second-order valence-corrected chi connectivity index (χ2v) is 3.83. The lowest BCUT2D eigenvalue weighted by Crippen LogP contribution is -2.03. The Hall–Kier alpha value is -1.43. The summed E-state index contributed by atoms with van der Waals surface area (Å²) in [6, 6.07) is 1.36. The van der Waals surface area contributed by atoms with E-state index in [0.29, 0.717) is 11.0 Å². The van der Waals surface area contributed by atoms with Gasteiger partial charge in [0.25, 0.3) is 0 Å². The summed E-state index contributed by atoms with van der Waals surface area (Å²) >= 11 is 3.14. The van der Waals surface area contributed by atoms with Crippen LogP contribution in [0, 0.1) is 5.82 Å². The van der Waals surface area contributed by atoms with Gasteiger partial charge in [-0.25, -0.2) is 14.4 Å². The maximum Gasteiger partial charge on any atom is 0.166 e. The Morgan fingerprint density at radius 1 is 1.47 bits per heavy atom. The molecule has 0 aromatic carbocycles. The first kappa shape index (κ1) is 10.1. The largest absolute Gasteiger partial charge is 0.362 e. The number of H-pyrrole nitrogens is 1. The van der Waals surface area contributed by atoms with E-state index in [1.165, 1.54) is 6.07 Å². The van der Waals surface area contributed by atoms with Crippen molar-refractivity contribution in [2.75, 3.05) is 5.32 Å². The van der Waals surface area contributed by atoms with Crippen LogP contribution in [0.1, 0.15) is 5.69 Å². The van der Waals surface area contributed by atoms with Gasteiger partial charge in [-0.3, -0.25) is 0 Å². The zero-order valence-corrected chi connectivity index (χ0v) is 9.25. The van der Waals surface area contributed by atoms with Gasteiger partial charge in [0.1, 0.15) is 0 Å². The molecule has 0 bridgehead atoms. The van der Waals surface area contributed by atoms with Gasteiger partial charge >= 0.3 is 0 Å². The Labute approximate surface area is 94.1 Å². The third kappa shape index (κ3) is 2.53. The van der Waals surface area contributed by atoms with Crippen LogP contribution in [-0.2, 0) is 6.54 Å². The number of aromatic amines is 1. The summed E-state index contributed by atoms with van der Waals surface area (Å²) in [6.45, 7) is 0.464. The molecule has 2 heterocycles. The van der Waals surface area contributed by atoms with Crippen molar-refractivity contribution in [2.24, 2.45) is 0 Å². The summed E-state index contributed by atoms with van der Waals surface area (Å²) in [5.74, 6) is -0.156. The molecule has 0 atom stereocenters. The number of halogens is 2. The van der Waals surface area contributed by atoms with Crippen LogP contribution in [0.25, 0.3) is 0 Å². The van der Waals surface area contributed by atoms with E-state index in [9.17, 15) is 4.39 Å². The van der Waals surface area contributed by atoms with Crippen molar-refractivity contribution in [3.63, 3.8) is 0 Å². The number of imidazole rings is 1. The van der Waals surface area contributed by atoms with Gasteiger partial charge in [-0.2, -0.15) is 0 Å². The first-order valence-electron chi connectivity index (χ1n) is 4.28. The van der Waals surface area contributed by atoms with E-state index >= 15 is 0 Å². The quantitative estimate of drug-likeness (QED) is 0.900. The lowest BCUT2D eigenvalue weighted by molar-refractivity contribution is 0.623. The predicted molar refractivity (Wildman–Crippen MR) is 57.8 cm³/mol. The van der Waals surface area contributed by atoms with Crippen molar-refractivity contribution >= 4 is 21.7 Å². The minimum absolute atomic E-state index is 0.229. The molecule has 0 spiro atoms. The highest BCUT2D eigenvalue weighted by Gasteiger charge is 2.03. The molecule has 0 saturated carbocycles. The lowest BCUT2D eigenvalue weighted by atomic mass is 10.4. The SMILES string of the molecule is Fc1cc(Br)cnc1NCc1cnc[nH]1. The van der Waals surface area contributed by atoms with Gasteiger partial charge in [-0.1, -0.05) is 0 Å². The van der Waals surface area contributed by atoms with E-state index in [1.807, 2.05) is 0 Å². The molecule has 2 N–H and O–H groups in total. The van der Waals surface area contributed by atoms with E-state index in [4.69, 9.17) is 0 Å². The number of hydrogen-bond acceptors (Lipinski definition) is 3. The van der Waals surface area contributed by atoms with Crippen LogP contribution in [-0.4, -0.2) is 15.0 Å². The molecule has 2 rings (SSSR count). The number of aromatic nitrogens is 3. The summed E-state index contributed by atoms with van der Waals surface area (Å²) in [7, 11) is 0. The Bertz CT molecular complexity index is 443. The van der Waals surface area contributed by atoms with Gasteiger partial charge in [0.2, 0.25) is 0 Å². The molecule has 15 heavy (non-hydrogen) atoms. The molecule has 78 valence electrons. The number of pyridine rings is 1. The fourth-order valence-electron chi connectivity index (χ4n) is 1.10. The summed E-state index contributed by atoms with van der Waals surface area (Å²) in [5.41, 5.74) is 0.874. The molecular formula is C9H8BrFN4. The Morgan fingerprint density at radius 3 is 3.00 bits per heavy atom. The van der Waals surface area contributed by atoms with Crippen molar-refractivity contribution in [3.8, 4) is 0 Å². The number of nitrogens with one attached hydrogen (secondary N) is 2. The molecular weight excluding hydrogens is 263 g/mol. The second kappa shape index (κ2) is 4.39. The minimum atomic E-state index is -0.385. The van der Waals surface area contributed by atoms with E-state index in [0.717, 1.165) is 5.69 Å². The summed E-state index contributed by atoms with van der Waals surface area (Å²) in [4.78, 5) is 10.7. The Morgan fingerprint density at radius 2 is 2.33 bits per heavy atom. The Balaban J connectivity index is 2.05. The van der Waals surface area contributed by atoms with Crippen LogP contribution >= 0.6 is 15.9 Å². The van der Waals surface area contributed by atoms with Crippen molar-refractivity contribution in [2.45, 2.75) is 6.54 Å². The van der Waals surface area contributed by atoms with E-state index in [-0.39, 0.29) is 11.6 Å². The molecule has 2 aromatic rings. The van der Waals surface area contributed by atoms with Gasteiger partial charge < -0.3 is 10.3 Å².